The molecule has 2 aromatic carbocycles. The predicted molar refractivity (Wildman–Crippen MR) is 123 cm³/mol. The number of aromatic nitrogens is 1. The van der Waals surface area contributed by atoms with Gasteiger partial charge < -0.3 is 15.2 Å². The fraction of sp³-hybridized carbons (Fsp3) is 0.250. The van der Waals surface area contributed by atoms with Crippen molar-refractivity contribution in [1.29, 1.82) is 0 Å². The number of benzene rings is 2. The molecule has 4 rings (SSSR count). The Hall–Kier alpha value is -4.05. The number of aryl methyl sites for hydroxylation is 1. The van der Waals surface area contributed by atoms with Gasteiger partial charge in [-0.25, -0.2) is 0 Å². The molecule has 176 valence electrons. The normalized spacial score (nSPS) is 14.2. The number of nitro benzene ring substituents is 1. The molecule has 0 aliphatic carbocycles. The van der Waals surface area contributed by atoms with Crippen LogP contribution in [0, 0.1) is 15.9 Å². The van der Waals surface area contributed by atoms with E-state index >= 15 is 0 Å². The van der Waals surface area contributed by atoms with Crippen LogP contribution >= 0.6 is 0 Å². The summed E-state index contributed by atoms with van der Waals surface area (Å²) in [4.78, 5) is 37.2. The van der Waals surface area contributed by atoms with Crippen molar-refractivity contribution in [2.24, 2.45) is 7.05 Å². The number of fused-ring (bicyclic) bond motifs is 1. The Morgan fingerprint density at radius 2 is 1.88 bits per heavy atom. The van der Waals surface area contributed by atoms with Crippen LogP contribution in [-0.2, 0) is 29.6 Å². The molecule has 0 saturated heterocycles. The average Bonchev–Trinajstić information content (AvgIpc) is 3.25. The number of anilines is 1. The zero-order valence-electron chi connectivity index (χ0n) is 18.5. The van der Waals surface area contributed by atoms with E-state index in [1.807, 2.05) is 42.1 Å². The molecule has 1 atom stereocenters. The van der Waals surface area contributed by atoms with Crippen LogP contribution in [0.2, 0.25) is 0 Å². The summed E-state index contributed by atoms with van der Waals surface area (Å²) >= 11 is 0. The van der Waals surface area contributed by atoms with E-state index in [9.17, 15) is 24.1 Å². The van der Waals surface area contributed by atoms with Gasteiger partial charge in [0.2, 0.25) is 5.82 Å². The van der Waals surface area contributed by atoms with Crippen molar-refractivity contribution in [1.82, 2.24) is 14.8 Å². The first-order valence-corrected chi connectivity index (χ1v) is 10.8. The Kier molecular flexibility index (Phi) is 6.69. The molecule has 1 aliphatic rings. The van der Waals surface area contributed by atoms with Gasteiger partial charge in [-0.05, 0) is 41.8 Å². The van der Waals surface area contributed by atoms with Crippen molar-refractivity contribution >= 4 is 23.2 Å². The van der Waals surface area contributed by atoms with Crippen LogP contribution in [0.4, 0.5) is 15.8 Å². The number of nitro groups is 1. The standard InChI is InChI=1S/C24H24FN5O4/c1-28-11-4-7-20(28)22(29-12-10-16-5-2-3-6-17(16)15-29)14-26-23(31)24(32)27-18-8-9-19(25)21(13-18)30(33)34/h2-9,11,13,22H,10,12,14-15H2,1H3,(H,26,31)(H,27,32). The number of amides is 2. The van der Waals surface area contributed by atoms with Gasteiger partial charge in [0.15, 0.2) is 0 Å². The van der Waals surface area contributed by atoms with Gasteiger partial charge in [0, 0.05) is 50.3 Å². The fourth-order valence-corrected chi connectivity index (χ4v) is 4.21. The number of rotatable bonds is 6. The minimum Gasteiger partial charge on any atom is -0.353 e. The van der Waals surface area contributed by atoms with Gasteiger partial charge >= 0.3 is 17.5 Å². The minimum atomic E-state index is -1.03. The van der Waals surface area contributed by atoms with Crippen molar-refractivity contribution in [2.45, 2.75) is 19.0 Å². The maximum Gasteiger partial charge on any atom is 0.313 e. The molecular formula is C24H24FN5O4. The molecule has 2 heterocycles. The number of carbonyl (C=O) groups excluding carboxylic acids is 2. The summed E-state index contributed by atoms with van der Waals surface area (Å²) in [6, 6.07) is 14.9. The van der Waals surface area contributed by atoms with E-state index in [4.69, 9.17) is 0 Å². The fourth-order valence-electron chi connectivity index (χ4n) is 4.21. The van der Waals surface area contributed by atoms with E-state index in [1.54, 1.807) is 0 Å². The SMILES string of the molecule is Cn1cccc1C(CNC(=O)C(=O)Nc1ccc(F)c([N+](=O)[O-])c1)N1CCc2ccccc2C1. The van der Waals surface area contributed by atoms with Crippen LogP contribution in [-0.4, -0.2) is 39.3 Å². The van der Waals surface area contributed by atoms with Crippen molar-refractivity contribution in [3.05, 3.63) is 93.5 Å². The third-order valence-electron chi connectivity index (χ3n) is 5.99. The molecule has 1 aromatic heterocycles. The molecule has 1 unspecified atom stereocenters. The van der Waals surface area contributed by atoms with E-state index in [0.717, 1.165) is 36.9 Å². The van der Waals surface area contributed by atoms with Crippen LogP contribution in [0.15, 0.2) is 60.8 Å². The summed E-state index contributed by atoms with van der Waals surface area (Å²) in [5.74, 6) is -2.90. The second kappa shape index (κ2) is 9.84. The smallest absolute Gasteiger partial charge is 0.313 e. The Morgan fingerprint density at radius 3 is 2.59 bits per heavy atom. The predicted octanol–water partition coefficient (Wildman–Crippen LogP) is 2.93. The highest BCUT2D eigenvalue weighted by molar-refractivity contribution is 6.39. The Balaban J connectivity index is 1.45. The Labute approximate surface area is 195 Å². The lowest BCUT2D eigenvalue weighted by Crippen LogP contribution is -2.44. The van der Waals surface area contributed by atoms with Gasteiger partial charge in [-0.3, -0.25) is 24.6 Å². The number of halogens is 1. The quantitative estimate of drug-likeness (QED) is 0.331. The summed E-state index contributed by atoms with van der Waals surface area (Å²) in [6.45, 7) is 1.71. The maximum absolute atomic E-state index is 13.5. The van der Waals surface area contributed by atoms with Gasteiger partial charge in [0.05, 0.1) is 11.0 Å². The maximum atomic E-state index is 13.5. The van der Waals surface area contributed by atoms with Crippen LogP contribution in [0.3, 0.4) is 0 Å². The number of nitrogens with zero attached hydrogens (tertiary/aromatic N) is 3. The van der Waals surface area contributed by atoms with E-state index < -0.39 is 28.2 Å². The molecule has 2 N–H and O–H groups in total. The lowest BCUT2D eigenvalue weighted by molar-refractivity contribution is -0.387. The molecule has 1 aliphatic heterocycles. The summed E-state index contributed by atoms with van der Waals surface area (Å²) in [7, 11) is 1.93. The molecule has 0 fully saturated rings. The summed E-state index contributed by atoms with van der Waals surface area (Å²) < 4.78 is 15.5. The zero-order valence-corrected chi connectivity index (χ0v) is 18.5. The van der Waals surface area contributed by atoms with Crippen LogP contribution in [0.1, 0.15) is 22.9 Å². The third-order valence-corrected chi connectivity index (χ3v) is 5.99. The second-order valence-electron chi connectivity index (χ2n) is 8.14. The lowest BCUT2D eigenvalue weighted by Gasteiger charge is -2.36. The molecule has 0 radical (unpaired) electrons. The van der Waals surface area contributed by atoms with Gasteiger partial charge in [0.25, 0.3) is 0 Å². The highest BCUT2D eigenvalue weighted by Crippen LogP contribution is 2.28. The lowest BCUT2D eigenvalue weighted by atomic mass is 9.98. The summed E-state index contributed by atoms with van der Waals surface area (Å²) in [5.41, 5.74) is 2.71. The van der Waals surface area contributed by atoms with Gasteiger partial charge in [-0.15, -0.1) is 0 Å². The monoisotopic (exact) mass is 465 g/mol. The van der Waals surface area contributed by atoms with E-state index in [1.165, 1.54) is 11.1 Å². The van der Waals surface area contributed by atoms with Crippen molar-refractivity contribution in [2.75, 3.05) is 18.4 Å². The molecule has 2 amide bonds. The van der Waals surface area contributed by atoms with E-state index in [0.29, 0.717) is 6.54 Å². The molecular weight excluding hydrogens is 441 g/mol. The topological polar surface area (TPSA) is 110 Å². The molecule has 9 nitrogen and oxygen atoms in total. The van der Waals surface area contributed by atoms with Gasteiger partial charge in [0.1, 0.15) is 0 Å². The molecule has 10 heteroatoms. The van der Waals surface area contributed by atoms with Crippen molar-refractivity contribution in [3.8, 4) is 0 Å². The van der Waals surface area contributed by atoms with Crippen LogP contribution in [0.5, 0.6) is 0 Å². The number of carbonyl (C=O) groups is 2. The average molecular weight is 465 g/mol. The van der Waals surface area contributed by atoms with Crippen LogP contribution in [0.25, 0.3) is 0 Å². The minimum absolute atomic E-state index is 0.0418. The van der Waals surface area contributed by atoms with E-state index in [-0.39, 0.29) is 18.3 Å². The zero-order chi connectivity index (χ0) is 24.2. The number of hydrogen-bond acceptors (Lipinski definition) is 5. The summed E-state index contributed by atoms with van der Waals surface area (Å²) in [5, 5.41) is 15.9. The summed E-state index contributed by atoms with van der Waals surface area (Å²) in [6.07, 6.45) is 2.81. The van der Waals surface area contributed by atoms with E-state index in [2.05, 4.69) is 27.7 Å². The first-order chi connectivity index (χ1) is 16.3. The van der Waals surface area contributed by atoms with Gasteiger partial charge in [-0.1, -0.05) is 24.3 Å². The Morgan fingerprint density at radius 1 is 1.12 bits per heavy atom. The molecule has 0 spiro atoms. The molecule has 34 heavy (non-hydrogen) atoms. The van der Waals surface area contributed by atoms with Crippen molar-refractivity contribution in [3.63, 3.8) is 0 Å². The van der Waals surface area contributed by atoms with Gasteiger partial charge in [-0.2, -0.15) is 4.39 Å². The third kappa shape index (κ3) is 4.96. The Bertz CT molecular complexity index is 1240. The molecule has 0 bridgehead atoms. The highest BCUT2D eigenvalue weighted by Gasteiger charge is 2.27. The van der Waals surface area contributed by atoms with Crippen molar-refractivity contribution < 1.29 is 18.9 Å². The van der Waals surface area contributed by atoms with Crippen LogP contribution < -0.4 is 10.6 Å². The number of nitrogens with one attached hydrogen (secondary N) is 2. The first-order valence-electron chi connectivity index (χ1n) is 10.8. The largest absolute Gasteiger partial charge is 0.353 e. The molecule has 0 saturated carbocycles. The number of hydrogen-bond donors (Lipinski definition) is 2. The second-order valence-corrected chi connectivity index (χ2v) is 8.14. The first kappa shape index (κ1) is 23.1. The molecule has 3 aromatic rings. The highest BCUT2D eigenvalue weighted by atomic mass is 19.1.